The van der Waals surface area contributed by atoms with Gasteiger partial charge in [-0.15, -0.1) is 0 Å². The molecule has 2 saturated carbocycles. The number of benzene rings is 4. The Balaban J connectivity index is 1.21. The van der Waals surface area contributed by atoms with Gasteiger partial charge in [-0.25, -0.2) is 0 Å². The van der Waals surface area contributed by atoms with Crippen molar-refractivity contribution >= 4 is 34.4 Å². The first kappa shape index (κ1) is 32.5. The molecule has 8 aliphatic rings. The van der Waals surface area contributed by atoms with E-state index in [1.54, 1.807) is 0 Å². The second-order valence-corrected chi connectivity index (χ2v) is 19.8. The summed E-state index contributed by atoms with van der Waals surface area (Å²) in [4.78, 5) is 5.33. The molecule has 0 unspecified atom stereocenters. The normalized spacial score (nSPS) is 21.1. The quantitative estimate of drug-likeness (QED) is 0.164. The van der Waals surface area contributed by atoms with Crippen LogP contribution in [0.5, 0.6) is 11.5 Å². The molecule has 14 rings (SSSR count). The summed E-state index contributed by atoms with van der Waals surface area (Å²) in [7, 11) is 0. The number of ether oxygens (including phenoxy) is 1. The molecule has 58 heavy (non-hydrogen) atoms. The highest BCUT2D eigenvalue weighted by Crippen LogP contribution is 2.68. The minimum absolute atomic E-state index is 0.210. The Labute approximate surface area is 341 Å². The lowest BCUT2D eigenvalue weighted by Gasteiger charge is -2.49. The van der Waals surface area contributed by atoms with Crippen molar-refractivity contribution in [2.45, 2.75) is 120 Å². The number of para-hydroxylation sites is 2. The van der Waals surface area contributed by atoms with Crippen molar-refractivity contribution in [3.05, 3.63) is 142 Å². The lowest BCUT2D eigenvalue weighted by Crippen LogP contribution is -2.76. The van der Waals surface area contributed by atoms with Crippen LogP contribution in [0.1, 0.15) is 148 Å². The lowest BCUT2D eigenvalue weighted by atomic mass is 9.67. The molecule has 2 fully saturated rings. The maximum atomic E-state index is 7.33. The molecule has 0 amide bonds. The van der Waals surface area contributed by atoms with E-state index in [-0.39, 0.29) is 10.8 Å². The van der Waals surface area contributed by atoms with Crippen molar-refractivity contribution < 1.29 is 13.9 Å². The van der Waals surface area contributed by atoms with E-state index in [0.29, 0.717) is 11.8 Å². The molecule has 4 aromatic carbocycles. The van der Waals surface area contributed by atoms with Gasteiger partial charge >= 0.3 is 5.66 Å². The summed E-state index contributed by atoms with van der Waals surface area (Å²) in [5.41, 5.74) is 17.9. The Hall–Kier alpha value is -5.42. The smallest absolute Gasteiger partial charge is 0.323 e. The highest BCUT2D eigenvalue weighted by Gasteiger charge is 2.73. The van der Waals surface area contributed by atoms with Crippen LogP contribution < -0.4 is 23.7 Å². The van der Waals surface area contributed by atoms with Crippen molar-refractivity contribution in [2.75, 3.05) is 9.80 Å². The molecule has 6 aliphatic heterocycles. The number of hydrogen-bond acceptors (Lipinski definition) is 3. The fraction of sp³-hybridized carbons (Fsp3) is 0.358. The zero-order chi connectivity index (χ0) is 38.4. The lowest BCUT2D eigenvalue weighted by molar-refractivity contribution is -0.929. The predicted octanol–water partition coefficient (Wildman–Crippen LogP) is 12.6. The van der Waals surface area contributed by atoms with Gasteiger partial charge in [0.2, 0.25) is 0 Å². The van der Waals surface area contributed by atoms with Gasteiger partial charge in [0.05, 0.1) is 0 Å². The molecule has 286 valence electrons. The van der Waals surface area contributed by atoms with E-state index in [0.717, 1.165) is 11.5 Å². The number of fused-ring (bicyclic) bond motifs is 7. The highest BCUT2D eigenvalue weighted by molar-refractivity contribution is 5.95. The molecule has 2 aliphatic carbocycles. The number of anilines is 6. The van der Waals surface area contributed by atoms with Crippen LogP contribution in [0.15, 0.2) is 97.1 Å². The molecule has 5 nitrogen and oxygen atoms in total. The van der Waals surface area contributed by atoms with Gasteiger partial charge in [0.15, 0.2) is 22.8 Å². The number of pyridine rings is 2. The maximum Gasteiger partial charge on any atom is 0.323 e. The van der Waals surface area contributed by atoms with E-state index in [1.165, 1.54) is 154 Å². The van der Waals surface area contributed by atoms with E-state index >= 15 is 0 Å². The largest absolute Gasteiger partial charge is 0.456 e. The molecule has 8 heterocycles. The molecule has 0 radical (unpaired) electrons. The van der Waals surface area contributed by atoms with Crippen molar-refractivity contribution in [3.63, 3.8) is 0 Å². The van der Waals surface area contributed by atoms with Crippen LogP contribution in [0.3, 0.4) is 0 Å². The van der Waals surface area contributed by atoms with Gasteiger partial charge in [0.1, 0.15) is 34.0 Å². The summed E-state index contributed by atoms with van der Waals surface area (Å²) >= 11 is 0. The fourth-order valence-electron chi connectivity index (χ4n) is 13.6. The molecule has 0 N–H and O–H groups in total. The summed E-state index contributed by atoms with van der Waals surface area (Å²) in [6, 6.07) is 38.4. The van der Waals surface area contributed by atoms with Gasteiger partial charge < -0.3 is 4.74 Å². The van der Waals surface area contributed by atoms with E-state index < -0.39 is 5.66 Å². The Morgan fingerprint density at radius 2 is 0.931 bits per heavy atom. The fourth-order valence-corrected chi connectivity index (χ4v) is 13.6. The van der Waals surface area contributed by atoms with E-state index in [9.17, 15) is 0 Å². The zero-order valence-corrected chi connectivity index (χ0v) is 34.2. The van der Waals surface area contributed by atoms with Gasteiger partial charge in [0, 0.05) is 45.2 Å². The highest BCUT2D eigenvalue weighted by atomic mass is 16.5. The first-order valence-corrected chi connectivity index (χ1v) is 22.3. The van der Waals surface area contributed by atoms with E-state index in [2.05, 4.69) is 144 Å². The van der Waals surface area contributed by atoms with Crippen LogP contribution >= 0.6 is 0 Å². The van der Waals surface area contributed by atoms with Gasteiger partial charge in [-0.3, -0.25) is 0 Å². The molecule has 5 heteroatoms. The van der Waals surface area contributed by atoms with Crippen LogP contribution in [-0.2, 0) is 16.5 Å². The Kier molecular flexibility index (Phi) is 5.94. The Bertz CT molecular complexity index is 2680. The van der Waals surface area contributed by atoms with Crippen LogP contribution in [0, 0.1) is 0 Å². The van der Waals surface area contributed by atoms with Crippen LogP contribution in [0.4, 0.5) is 34.4 Å². The number of rotatable bonds is 2. The predicted molar refractivity (Wildman–Crippen MR) is 229 cm³/mol. The zero-order valence-electron chi connectivity index (χ0n) is 34.2. The first-order chi connectivity index (χ1) is 28.3. The molecule has 1 spiro atoms. The second kappa shape index (κ2) is 10.6. The first-order valence-electron chi connectivity index (χ1n) is 22.3. The third kappa shape index (κ3) is 3.57. The molecule has 0 bridgehead atoms. The average Bonchev–Trinajstić information content (AvgIpc) is 3.55. The summed E-state index contributed by atoms with van der Waals surface area (Å²) in [6.45, 7) is 9.74. The molecule has 0 atom stereocenters. The minimum Gasteiger partial charge on any atom is -0.456 e. The van der Waals surface area contributed by atoms with Crippen molar-refractivity contribution in [1.29, 1.82) is 0 Å². The number of aromatic nitrogens is 2. The van der Waals surface area contributed by atoms with E-state index in [4.69, 9.17) is 4.74 Å². The Morgan fingerprint density at radius 1 is 0.500 bits per heavy atom. The van der Waals surface area contributed by atoms with Gasteiger partial charge in [0.25, 0.3) is 11.6 Å². The second-order valence-electron chi connectivity index (χ2n) is 19.8. The van der Waals surface area contributed by atoms with Crippen LogP contribution in [0.25, 0.3) is 11.4 Å². The summed E-state index contributed by atoms with van der Waals surface area (Å²) in [6.07, 6.45) is 13.0. The minimum atomic E-state index is -0.678. The topological polar surface area (TPSA) is 23.5 Å². The maximum absolute atomic E-state index is 7.33. The summed E-state index contributed by atoms with van der Waals surface area (Å²) < 4.78 is 12.9. The number of nitrogens with zero attached hydrogens (tertiary/aromatic N) is 4. The Morgan fingerprint density at radius 3 is 1.38 bits per heavy atom. The monoisotopic (exact) mass is 758 g/mol. The number of hydrogen-bond donors (Lipinski definition) is 0. The van der Waals surface area contributed by atoms with Crippen molar-refractivity contribution in [2.24, 2.45) is 0 Å². The van der Waals surface area contributed by atoms with Gasteiger partial charge in [-0.05, 0) is 85.0 Å². The van der Waals surface area contributed by atoms with E-state index in [1.807, 2.05) is 0 Å². The van der Waals surface area contributed by atoms with Crippen LogP contribution in [0.2, 0.25) is 0 Å². The summed E-state index contributed by atoms with van der Waals surface area (Å²) in [5, 5.41) is 0. The van der Waals surface area contributed by atoms with Gasteiger partial charge in [-0.2, -0.15) is 18.9 Å². The SMILES string of the molecule is CC1(C)c2ccccc2N2c3c1ccc1c3C34c5c(ccc6c5N(c5ccccc5C6(C)C)c5cc(C6CCCCC6)cc([n+]53)-c3cc(C5CCCCC5)cc2[n+]34)O1. The molecular weight excluding hydrogens is 709 g/mol. The average molecular weight is 759 g/mol. The molecular formula is C53H50N4O+2. The third-order valence-corrected chi connectivity index (χ3v) is 16.3. The standard InChI is InChI=1S/C53H50N4O/c1-51(2)35-19-11-13-21-39(35)54-45-29-33(31-15-7-5-8-16-31)27-41-42-28-34(32-17-9-6-10-18-32)30-46-55-40-22-14-12-20-36(40)52(3,4)38-24-26-44-48(50(38)55)53(56(41)45,57(42)46)47-43(58-44)25-23-37(51)49(47)54/h11-14,19-32H,5-10,15-18H2,1-4H3/q+2. The molecule has 0 saturated heterocycles. The van der Waals surface area contributed by atoms with Gasteiger partial charge in [-0.1, -0.05) is 115 Å². The third-order valence-electron chi connectivity index (χ3n) is 16.3. The van der Waals surface area contributed by atoms with Crippen molar-refractivity contribution in [1.82, 2.24) is 0 Å². The summed E-state index contributed by atoms with van der Waals surface area (Å²) in [5.74, 6) is 5.64. The van der Waals surface area contributed by atoms with Crippen LogP contribution in [-0.4, -0.2) is 0 Å². The molecule has 2 aromatic heterocycles. The van der Waals surface area contributed by atoms with Crippen molar-refractivity contribution in [3.8, 4) is 22.9 Å². The molecule has 6 aromatic rings.